The highest BCUT2D eigenvalue weighted by atomic mass is 79.9. The molecule has 0 radical (unpaired) electrons. The van der Waals surface area contributed by atoms with Gasteiger partial charge in [-0.15, -0.1) is 0 Å². The number of benzene rings is 4. The van der Waals surface area contributed by atoms with Crippen molar-refractivity contribution in [3.63, 3.8) is 0 Å². The fraction of sp³-hybridized carbons (Fsp3) is 0.342. The fourth-order valence-corrected chi connectivity index (χ4v) is 14.1. The van der Waals surface area contributed by atoms with E-state index in [0.29, 0.717) is 119 Å². The van der Waals surface area contributed by atoms with Gasteiger partial charge in [-0.1, -0.05) is 115 Å². The average molecular weight is 1660 g/mol. The summed E-state index contributed by atoms with van der Waals surface area (Å²) in [6.07, 6.45) is 3.67. The van der Waals surface area contributed by atoms with Gasteiger partial charge in [-0.2, -0.15) is 0 Å². The molecule has 0 aliphatic carbocycles. The van der Waals surface area contributed by atoms with Crippen LogP contribution in [0.5, 0.6) is 0 Å². The highest BCUT2D eigenvalue weighted by Gasteiger charge is 2.41. The molecule has 27 nitrogen and oxygen atoms in total. The number of nitrogens with zero attached hydrogens (tertiary/aromatic N) is 9. The predicted octanol–water partition coefficient (Wildman–Crippen LogP) is 9.48. The van der Waals surface area contributed by atoms with Crippen LogP contribution < -0.4 is 16.0 Å². The molecule has 0 bridgehead atoms. The quantitative estimate of drug-likeness (QED) is 0.0272. The molecular formula is C73H73Br2Cl3F2N12O15. The molecule has 6 N–H and O–H groups in total. The Balaban J connectivity index is 0.000000172. The molecule has 12 rings (SSSR count). The summed E-state index contributed by atoms with van der Waals surface area (Å²) in [6, 6.07) is 24.0. The molecule has 0 spiro atoms. The van der Waals surface area contributed by atoms with E-state index in [4.69, 9.17) is 78.2 Å². The van der Waals surface area contributed by atoms with Crippen molar-refractivity contribution < 1.29 is 81.3 Å². The average Bonchev–Trinajstić information content (AvgIpc) is 0.777. The smallest absolute Gasteiger partial charge is 0.338 e. The van der Waals surface area contributed by atoms with Crippen LogP contribution in [0.25, 0.3) is 0 Å². The van der Waals surface area contributed by atoms with Crippen molar-refractivity contribution >= 4 is 120 Å². The predicted molar refractivity (Wildman–Crippen MR) is 397 cm³/mol. The number of aliphatic imine (C=N–C) groups is 3. The standard InChI is InChI=1S/C26H27BrFN3O5.C24H23BrClFN4O5.C23H23Cl2N5O5/c1-2-36-26(34)23-21(14-31-10-11-35-15-18(31)13-22(32)33)29-25(16-6-4-3-5-7-16)30-24(23)19-9-8-17(28)12-20(19)27;1-2-36-24(34)19-17(11-31-8-9-35-12-18(31)23(32)33)29-22(21-16(26)4-3-7-28-21)30-20(19)14-6-5-13(27)10-15(14)25;1-2-34-23(33)18-16(11-30-8-9-35-17(12-30)22(31)32)28-21(20-26-6-3-7-27-20)29-19(18)14-5-4-13(24)10-15(14)25/h3-9,12,18,24H,2,10-11,13-15H2,1H3,(H,29,30)(H,32,33);3-7,10,18,20H,2,8-9,11-12H2,1H3,(H,29,30)(H,32,33);3-7,10,17,19H,2,8-9,11-12H2,1H3,(H,28,29)(H,31,32). The zero-order valence-corrected chi connectivity index (χ0v) is 63.2. The molecule has 4 aromatic carbocycles. The Bertz CT molecular complexity index is 4490. The van der Waals surface area contributed by atoms with E-state index in [9.17, 15) is 52.9 Å². The lowest BCUT2D eigenvalue weighted by Crippen LogP contribution is -2.52. The molecule has 564 valence electrons. The number of rotatable bonds is 22. The molecule has 6 aromatic rings. The summed E-state index contributed by atoms with van der Waals surface area (Å²) in [4.78, 5) is 107. The maximum atomic E-state index is 13.9. The van der Waals surface area contributed by atoms with Gasteiger partial charge in [0.2, 0.25) is 0 Å². The number of halogens is 7. The Morgan fingerprint density at radius 3 is 1.64 bits per heavy atom. The maximum absolute atomic E-state index is 13.9. The van der Waals surface area contributed by atoms with Crippen LogP contribution in [0.15, 0.2) is 179 Å². The van der Waals surface area contributed by atoms with Crippen LogP contribution in [-0.4, -0.2) is 215 Å². The normalized spacial score (nSPS) is 20.6. The number of esters is 3. The molecule has 8 heterocycles. The first-order chi connectivity index (χ1) is 51.5. The van der Waals surface area contributed by atoms with Gasteiger partial charge in [-0.25, -0.2) is 37.9 Å². The van der Waals surface area contributed by atoms with E-state index < -0.39 is 77.7 Å². The summed E-state index contributed by atoms with van der Waals surface area (Å²) in [6.45, 7) is 8.89. The molecule has 6 aliphatic rings. The number of nitrogens with one attached hydrogen (secondary N) is 3. The maximum Gasteiger partial charge on any atom is 0.338 e. The largest absolute Gasteiger partial charge is 0.481 e. The number of pyridine rings is 1. The minimum Gasteiger partial charge on any atom is -0.481 e. The molecule has 0 amide bonds. The van der Waals surface area contributed by atoms with Crippen molar-refractivity contribution in [1.82, 2.24) is 45.6 Å². The first-order valence-electron chi connectivity index (χ1n) is 33.7. The Labute approximate surface area is 645 Å². The van der Waals surface area contributed by atoms with E-state index in [1.54, 1.807) is 86.7 Å². The molecule has 107 heavy (non-hydrogen) atoms. The second-order valence-corrected chi connectivity index (χ2v) is 27.2. The minimum absolute atomic E-state index is 0.0112. The molecular weight excluding hydrogens is 1590 g/mol. The summed E-state index contributed by atoms with van der Waals surface area (Å²) >= 11 is 25.8. The molecule has 6 aliphatic heterocycles. The number of aromatic nitrogens is 3. The third-order valence-corrected chi connectivity index (χ3v) is 19.5. The van der Waals surface area contributed by atoms with Crippen LogP contribution in [-0.2, 0) is 57.2 Å². The molecule has 3 saturated heterocycles. The first kappa shape index (κ1) is 80.5. The number of carbonyl (C=O) groups excluding carboxylic acids is 3. The number of morpholine rings is 3. The van der Waals surface area contributed by atoms with Crippen molar-refractivity contribution in [2.45, 2.75) is 63.5 Å². The second kappa shape index (κ2) is 38.2. The Morgan fingerprint density at radius 2 is 1.08 bits per heavy atom. The zero-order valence-electron chi connectivity index (χ0n) is 57.7. The highest BCUT2D eigenvalue weighted by molar-refractivity contribution is 9.10. The number of carbonyl (C=O) groups is 6. The van der Waals surface area contributed by atoms with E-state index in [0.717, 1.165) is 5.56 Å². The number of carboxylic acids is 3. The Kier molecular flexibility index (Phi) is 28.8. The topological polar surface area (TPSA) is 340 Å². The van der Waals surface area contributed by atoms with Gasteiger partial charge in [-0.05, 0) is 86.5 Å². The Morgan fingerprint density at radius 1 is 0.561 bits per heavy atom. The van der Waals surface area contributed by atoms with Crippen molar-refractivity contribution in [3.8, 4) is 0 Å². The summed E-state index contributed by atoms with van der Waals surface area (Å²) in [7, 11) is 0. The minimum atomic E-state index is -1.04. The van der Waals surface area contributed by atoms with Gasteiger partial charge < -0.3 is 59.7 Å². The van der Waals surface area contributed by atoms with E-state index in [2.05, 4.69) is 62.8 Å². The van der Waals surface area contributed by atoms with Crippen LogP contribution in [0.3, 0.4) is 0 Å². The monoisotopic (exact) mass is 1660 g/mol. The van der Waals surface area contributed by atoms with Gasteiger partial charge in [0.1, 0.15) is 47.3 Å². The van der Waals surface area contributed by atoms with Gasteiger partial charge in [0.15, 0.2) is 23.6 Å². The SMILES string of the molecule is CCOC(=O)C1=C(CN2CCOC(C(=O)O)C2)NC(c2ncccn2)=NC1c1ccc(Cl)cc1Cl.CCOC(=O)C1=C(CN2CCOCC2C(=O)O)NC(c2ncccc2Cl)=NC1c1ccc(F)cc1Br.CCOC(=O)C1=C(CN2CCOCC2CC(=O)O)NC(c2ccccc2)=NC1c1ccc(F)cc1Br. The van der Waals surface area contributed by atoms with Crippen molar-refractivity contribution in [1.29, 1.82) is 0 Å². The fourth-order valence-electron chi connectivity index (χ4n) is 12.3. The van der Waals surface area contributed by atoms with Crippen LogP contribution in [0.1, 0.15) is 79.1 Å². The lowest BCUT2D eigenvalue weighted by molar-refractivity contribution is -0.156. The zero-order chi connectivity index (χ0) is 76.4. The number of carboxylic acid groups (broad SMARTS) is 3. The van der Waals surface area contributed by atoms with Crippen LogP contribution in [0.2, 0.25) is 15.1 Å². The van der Waals surface area contributed by atoms with E-state index in [-0.39, 0.29) is 95.3 Å². The molecule has 6 unspecified atom stereocenters. The number of ether oxygens (including phenoxy) is 6. The number of hydrogen-bond donors (Lipinski definition) is 6. The second-order valence-electron chi connectivity index (χ2n) is 24.3. The highest BCUT2D eigenvalue weighted by Crippen LogP contribution is 2.41. The van der Waals surface area contributed by atoms with Gasteiger partial charge in [-0.3, -0.25) is 44.2 Å². The van der Waals surface area contributed by atoms with Crippen LogP contribution in [0.4, 0.5) is 8.78 Å². The van der Waals surface area contributed by atoms with E-state index in [1.165, 1.54) is 30.3 Å². The van der Waals surface area contributed by atoms with Gasteiger partial charge in [0.25, 0.3) is 0 Å². The van der Waals surface area contributed by atoms with Gasteiger partial charge >= 0.3 is 35.8 Å². The van der Waals surface area contributed by atoms with Gasteiger partial charge in [0.05, 0.1) is 81.0 Å². The van der Waals surface area contributed by atoms with E-state index in [1.807, 2.05) is 40.1 Å². The molecule has 2 aromatic heterocycles. The molecule has 6 atom stereocenters. The third kappa shape index (κ3) is 20.6. The van der Waals surface area contributed by atoms with Crippen LogP contribution >= 0.6 is 66.7 Å². The molecule has 34 heteroatoms. The summed E-state index contributed by atoms with van der Waals surface area (Å²) in [5.74, 6) is -4.13. The lowest BCUT2D eigenvalue weighted by atomic mass is 9.94. The number of hydrogen-bond acceptors (Lipinski definition) is 24. The van der Waals surface area contributed by atoms with Crippen LogP contribution in [0, 0.1) is 11.6 Å². The number of aliphatic carboxylic acids is 3. The number of amidine groups is 3. The molecule has 3 fully saturated rings. The lowest BCUT2D eigenvalue weighted by Gasteiger charge is -2.37. The summed E-state index contributed by atoms with van der Waals surface area (Å²) in [5.41, 5.74) is 4.99. The van der Waals surface area contributed by atoms with Crippen molar-refractivity contribution in [3.05, 3.63) is 225 Å². The van der Waals surface area contributed by atoms with Gasteiger partial charge in [0, 0.05) is 118 Å². The summed E-state index contributed by atoms with van der Waals surface area (Å²) in [5, 5.41) is 39.3. The Hall–Kier alpha value is -8.99. The molecule has 0 saturated carbocycles. The third-order valence-electron chi connectivity index (χ3n) is 17.3. The van der Waals surface area contributed by atoms with E-state index >= 15 is 0 Å². The first-order valence-corrected chi connectivity index (χ1v) is 36.4. The van der Waals surface area contributed by atoms with Crippen molar-refractivity contribution in [2.75, 3.05) is 98.7 Å². The van der Waals surface area contributed by atoms with Crippen molar-refractivity contribution in [2.24, 2.45) is 15.0 Å². The summed E-state index contributed by atoms with van der Waals surface area (Å²) < 4.78 is 61.1.